The van der Waals surface area contributed by atoms with E-state index >= 15 is 0 Å². The van der Waals surface area contributed by atoms with Crippen LogP contribution in [0.5, 0.6) is 0 Å². The third-order valence-electron chi connectivity index (χ3n) is 3.22. The zero-order valence-corrected chi connectivity index (χ0v) is 12.6. The van der Waals surface area contributed by atoms with Crippen LogP contribution < -0.4 is 10.5 Å². The van der Waals surface area contributed by atoms with Crippen molar-refractivity contribution in [2.45, 2.75) is 24.3 Å². The van der Waals surface area contributed by atoms with E-state index in [1.165, 1.54) is 5.56 Å². The second kappa shape index (κ2) is 7.36. The molecule has 2 aromatic carbocycles. The largest absolute Gasteiger partial charge is 0.326 e. The van der Waals surface area contributed by atoms with E-state index in [4.69, 9.17) is 5.73 Å². The molecule has 0 fully saturated rings. The average Bonchev–Trinajstić information content (AvgIpc) is 2.53. The maximum Gasteiger partial charge on any atom is 0.240 e. The van der Waals surface area contributed by atoms with Gasteiger partial charge in [-0.1, -0.05) is 42.5 Å². The molecule has 3 N–H and O–H groups in total. The zero-order chi connectivity index (χ0) is 15.1. The first-order valence-electron chi connectivity index (χ1n) is 6.94. The quantitative estimate of drug-likeness (QED) is 0.769. The zero-order valence-electron chi connectivity index (χ0n) is 11.8. The third-order valence-corrected chi connectivity index (χ3v) is 4.68. The Morgan fingerprint density at radius 1 is 0.952 bits per heavy atom. The summed E-state index contributed by atoms with van der Waals surface area (Å²) in [6, 6.07) is 16.7. The van der Waals surface area contributed by atoms with E-state index in [0.717, 1.165) is 18.4 Å². The fraction of sp³-hybridized carbons (Fsp3) is 0.250. The topological polar surface area (TPSA) is 72.2 Å². The normalized spacial score (nSPS) is 11.5. The van der Waals surface area contributed by atoms with Crippen LogP contribution in [0.1, 0.15) is 17.5 Å². The van der Waals surface area contributed by atoms with Gasteiger partial charge in [0, 0.05) is 13.1 Å². The van der Waals surface area contributed by atoms with Crippen LogP contribution in [0.2, 0.25) is 0 Å². The SMILES string of the molecule is NCc1cccc(S(=O)(=O)NCCCc2ccccc2)c1. The molecule has 0 aliphatic rings. The Bertz CT molecular complexity index is 670. The van der Waals surface area contributed by atoms with Crippen LogP contribution >= 0.6 is 0 Å². The van der Waals surface area contributed by atoms with Gasteiger partial charge in [0.05, 0.1) is 4.90 Å². The highest BCUT2D eigenvalue weighted by Crippen LogP contribution is 2.11. The van der Waals surface area contributed by atoms with Crippen molar-refractivity contribution in [3.8, 4) is 0 Å². The van der Waals surface area contributed by atoms with Crippen molar-refractivity contribution in [3.63, 3.8) is 0 Å². The summed E-state index contributed by atoms with van der Waals surface area (Å²) < 4.78 is 26.9. The molecule has 0 unspecified atom stereocenters. The molecule has 0 spiro atoms. The lowest BCUT2D eigenvalue weighted by molar-refractivity contribution is 0.579. The Morgan fingerprint density at radius 2 is 1.67 bits per heavy atom. The van der Waals surface area contributed by atoms with Gasteiger partial charge in [-0.05, 0) is 36.1 Å². The minimum Gasteiger partial charge on any atom is -0.326 e. The van der Waals surface area contributed by atoms with Gasteiger partial charge in [0.25, 0.3) is 0 Å². The molecular weight excluding hydrogens is 284 g/mol. The number of hydrogen-bond donors (Lipinski definition) is 2. The van der Waals surface area contributed by atoms with Crippen molar-refractivity contribution in [2.24, 2.45) is 5.73 Å². The molecule has 2 rings (SSSR count). The molecule has 0 amide bonds. The minimum atomic E-state index is -3.45. The summed E-state index contributed by atoms with van der Waals surface area (Å²) in [5, 5.41) is 0. The average molecular weight is 304 g/mol. The van der Waals surface area contributed by atoms with Crippen LogP contribution in [-0.2, 0) is 23.0 Å². The van der Waals surface area contributed by atoms with Crippen molar-refractivity contribution < 1.29 is 8.42 Å². The fourth-order valence-electron chi connectivity index (χ4n) is 2.07. The van der Waals surface area contributed by atoms with E-state index in [1.807, 2.05) is 36.4 Å². The smallest absolute Gasteiger partial charge is 0.240 e. The van der Waals surface area contributed by atoms with Crippen LogP contribution in [0.15, 0.2) is 59.5 Å². The van der Waals surface area contributed by atoms with E-state index in [2.05, 4.69) is 4.72 Å². The summed E-state index contributed by atoms with van der Waals surface area (Å²) in [6.07, 6.45) is 1.62. The Kier molecular flexibility index (Phi) is 5.50. The summed E-state index contributed by atoms with van der Waals surface area (Å²) in [5.41, 5.74) is 7.55. The van der Waals surface area contributed by atoms with Crippen molar-refractivity contribution in [3.05, 3.63) is 65.7 Å². The molecule has 0 radical (unpaired) electrons. The van der Waals surface area contributed by atoms with E-state index in [0.29, 0.717) is 13.1 Å². The third kappa shape index (κ3) is 4.67. The van der Waals surface area contributed by atoms with Gasteiger partial charge in [-0.25, -0.2) is 13.1 Å². The maximum absolute atomic E-state index is 12.2. The number of rotatable bonds is 7. The molecule has 2 aromatic rings. The van der Waals surface area contributed by atoms with Gasteiger partial charge >= 0.3 is 0 Å². The molecule has 4 nitrogen and oxygen atoms in total. The predicted molar refractivity (Wildman–Crippen MR) is 84.3 cm³/mol. The van der Waals surface area contributed by atoms with Gasteiger partial charge in [0.2, 0.25) is 10.0 Å². The van der Waals surface area contributed by atoms with Crippen LogP contribution in [-0.4, -0.2) is 15.0 Å². The highest BCUT2D eigenvalue weighted by Gasteiger charge is 2.13. The Hall–Kier alpha value is -1.69. The standard InChI is InChI=1S/C16H20N2O2S/c17-13-15-8-4-10-16(12-15)21(19,20)18-11-5-9-14-6-2-1-3-7-14/h1-4,6-8,10,12,18H,5,9,11,13,17H2. The number of nitrogens with one attached hydrogen (secondary N) is 1. The maximum atomic E-state index is 12.2. The molecular formula is C16H20N2O2S. The molecule has 0 saturated carbocycles. The molecule has 0 bridgehead atoms. The lowest BCUT2D eigenvalue weighted by atomic mass is 10.1. The molecule has 0 atom stereocenters. The first-order chi connectivity index (χ1) is 10.1. The van der Waals surface area contributed by atoms with E-state index in [-0.39, 0.29) is 4.90 Å². The van der Waals surface area contributed by atoms with Crippen molar-refractivity contribution in [1.29, 1.82) is 0 Å². The number of aryl methyl sites for hydroxylation is 1. The lowest BCUT2D eigenvalue weighted by Gasteiger charge is -2.08. The lowest BCUT2D eigenvalue weighted by Crippen LogP contribution is -2.25. The number of benzene rings is 2. The van der Waals surface area contributed by atoms with Gasteiger partial charge < -0.3 is 5.73 Å². The molecule has 0 saturated heterocycles. The summed E-state index contributed by atoms with van der Waals surface area (Å²) in [5.74, 6) is 0. The highest BCUT2D eigenvalue weighted by atomic mass is 32.2. The van der Waals surface area contributed by atoms with E-state index in [1.54, 1.807) is 18.2 Å². The summed E-state index contributed by atoms with van der Waals surface area (Å²) in [6.45, 7) is 0.751. The van der Waals surface area contributed by atoms with Crippen LogP contribution in [0, 0.1) is 0 Å². The first-order valence-corrected chi connectivity index (χ1v) is 8.43. The molecule has 0 heterocycles. The van der Waals surface area contributed by atoms with E-state index < -0.39 is 10.0 Å². The number of sulfonamides is 1. The van der Waals surface area contributed by atoms with Gasteiger partial charge in [-0.15, -0.1) is 0 Å². The molecule has 112 valence electrons. The summed E-state index contributed by atoms with van der Waals surface area (Å²) in [4.78, 5) is 0.269. The van der Waals surface area contributed by atoms with Crippen LogP contribution in [0.25, 0.3) is 0 Å². The van der Waals surface area contributed by atoms with E-state index in [9.17, 15) is 8.42 Å². The van der Waals surface area contributed by atoms with Crippen molar-refractivity contribution in [2.75, 3.05) is 6.54 Å². The molecule has 0 aliphatic heterocycles. The summed E-state index contributed by atoms with van der Waals surface area (Å²) >= 11 is 0. The van der Waals surface area contributed by atoms with Crippen LogP contribution in [0.3, 0.4) is 0 Å². The monoisotopic (exact) mass is 304 g/mol. The predicted octanol–water partition coefficient (Wildman–Crippen LogP) is 2.06. The number of nitrogens with two attached hydrogens (primary N) is 1. The minimum absolute atomic E-state index is 0.269. The summed E-state index contributed by atoms with van der Waals surface area (Å²) in [7, 11) is -3.45. The second-order valence-corrected chi connectivity index (χ2v) is 6.61. The van der Waals surface area contributed by atoms with Crippen molar-refractivity contribution >= 4 is 10.0 Å². The van der Waals surface area contributed by atoms with Gasteiger partial charge in [-0.2, -0.15) is 0 Å². The van der Waals surface area contributed by atoms with Gasteiger partial charge in [0.1, 0.15) is 0 Å². The number of hydrogen-bond acceptors (Lipinski definition) is 3. The Balaban J connectivity index is 1.89. The second-order valence-electron chi connectivity index (χ2n) is 4.84. The molecule has 0 aromatic heterocycles. The Morgan fingerprint density at radius 3 is 2.38 bits per heavy atom. The highest BCUT2D eigenvalue weighted by molar-refractivity contribution is 7.89. The van der Waals surface area contributed by atoms with Gasteiger partial charge in [-0.3, -0.25) is 0 Å². The molecule has 0 aliphatic carbocycles. The Labute approximate surface area is 126 Å². The molecule has 5 heteroatoms. The first kappa shape index (κ1) is 15.7. The van der Waals surface area contributed by atoms with Crippen molar-refractivity contribution in [1.82, 2.24) is 4.72 Å². The fourth-order valence-corrected chi connectivity index (χ4v) is 3.21. The van der Waals surface area contributed by atoms with Gasteiger partial charge in [0.15, 0.2) is 0 Å². The molecule has 21 heavy (non-hydrogen) atoms. The van der Waals surface area contributed by atoms with Crippen LogP contribution in [0.4, 0.5) is 0 Å².